The monoisotopic (exact) mass is 284 g/mol. The summed E-state index contributed by atoms with van der Waals surface area (Å²) in [5.74, 6) is 0. The molecule has 0 spiro atoms. The van der Waals surface area contributed by atoms with Crippen molar-refractivity contribution in [2.75, 3.05) is 26.2 Å². The molecule has 0 aliphatic carbocycles. The maximum atomic E-state index is 4.44. The van der Waals surface area contributed by atoms with Crippen molar-refractivity contribution in [3.63, 3.8) is 0 Å². The summed E-state index contributed by atoms with van der Waals surface area (Å²) in [5.41, 5.74) is 2.50. The van der Waals surface area contributed by atoms with Crippen molar-refractivity contribution in [1.82, 2.24) is 19.4 Å². The van der Waals surface area contributed by atoms with E-state index >= 15 is 0 Å². The van der Waals surface area contributed by atoms with Gasteiger partial charge in [-0.3, -0.25) is 4.90 Å². The topological polar surface area (TPSA) is 23.8 Å². The van der Waals surface area contributed by atoms with Crippen LogP contribution in [-0.4, -0.2) is 51.6 Å². The Balaban J connectivity index is 1.39. The van der Waals surface area contributed by atoms with Crippen LogP contribution in [0.3, 0.4) is 0 Å². The molecule has 0 aromatic carbocycles. The maximum Gasteiger partial charge on any atom is 0.0665 e. The highest BCUT2D eigenvalue weighted by atomic mass is 15.3. The van der Waals surface area contributed by atoms with Crippen LogP contribution in [0.1, 0.15) is 31.4 Å². The molecular formula is C17H24N4. The lowest BCUT2D eigenvalue weighted by atomic mass is 10.0. The van der Waals surface area contributed by atoms with Gasteiger partial charge in [-0.25, -0.2) is 4.52 Å². The quantitative estimate of drug-likeness (QED) is 0.865. The van der Waals surface area contributed by atoms with Crippen LogP contribution in [-0.2, 0) is 6.54 Å². The van der Waals surface area contributed by atoms with Gasteiger partial charge in [-0.2, -0.15) is 5.10 Å². The molecule has 2 saturated heterocycles. The third-order valence-electron chi connectivity index (χ3n) is 5.10. The van der Waals surface area contributed by atoms with Crippen molar-refractivity contribution in [3.05, 3.63) is 36.2 Å². The number of likely N-dealkylation sites (tertiary alicyclic amines) is 2. The molecule has 4 rings (SSSR count). The fraction of sp³-hybridized carbons (Fsp3) is 0.588. The molecule has 2 fully saturated rings. The Labute approximate surface area is 126 Å². The number of aromatic nitrogens is 2. The number of nitrogens with zero attached hydrogens (tertiary/aromatic N) is 4. The average Bonchev–Trinajstić information content (AvgIpc) is 3.20. The van der Waals surface area contributed by atoms with Crippen molar-refractivity contribution >= 4 is 5.52 Å². The molecule has 2 aliphatic heterocycles. The summed E-state index contributed by atoms with van der Waals surface area (Å²) >= 11 is 0. The first-order valence-electron chi connectivity index (χ1n) is 8.28. The van der Waals surface area contributed by atoms with E-state index in [-0.39, 0.29) is 0 Å². The Hall–Kier alpha value is -1.39. The van der Waals surface area contributed by atoms with Crippen molar-refractivity contribution in [2.24, 2.45) is 0 Å². The van der Waals surface area contributed by atoms with E-state index in [0.717, 1.165) is 12.6 Å². The third-order valence-corrected chi connectivity index (χ3v) is 5.10. The van der Waals surface area contributed by atoms with Crippen LogP contribution >= 0.6 is 0 Å². The van der Waals surface area contributed by atoms with E-state index in [4.69, 9.17) is 0 Å². The van der Waals surface area contributed by atoms with Crippen LogP contribution in [0.25, 0.3) is 5.52 Å². The molecule has 2 aromatic rings. The van der Waals surface area contributed by atoms with Crippen LogP contribution in [0.15, 0.2) is 30.5 Å². The zero-order valence-electron chi connectivity index (χ0n) is 12.6. The molecule has 0 saturated carbocycles. The third kappa shape index (κ3) is 2.70. The van der Waals surface area contributed by atoms with E-state index in [1.54, 1.807) is 0 Å². The van der Waals surface area contributed by atoms with E-state index < -0.39 is 0 Å². The SMILES string of the molecule is c1cc(CN2CCC(N3CCCC3)CC2)n2nccc2c1. The molecule has 4 heterocycles. The smallest absolute Gasteiger partial charge is 0.0665 e. The van der Waals surface area contributed by atoms with Gasteiger partial charge in [0.2, 0.25) is 0 Å². The molecule has 2 aliphatic rings. The molecule has 4 heteroatoms. The van der Waals surface area contributed by atoms with E-state index in [9.17, 15) is 0 Å². The summed E-state index contributed by atoms with van der Waals surface area (Å²) in [5, 5.41) is 4.44. The zero-order valence-corrected chi connectivity index (χ0v) is 12.6. The molecule has 4 nitrogen and oxygen atoms in total. The summed E-state index contributed by atoms with van der Waals surface area (Å²) in [6.45, 7) is 6.12. The summed E-state index contributed by atoms with van der Waals surface area (Å²) in [6.07, 6.45) is 7.35. The second-order valence-electron chi connectivity index (χ2n) is 6.44. The Kier molecular flexibility index (Phi) is 3.65. The molecule has 2 aromatic heterocycles. The summed E-state index contributed by atoms with van der Waals surface area (Å²) in [4.78, 5) is 5.30. The molecule has 0 unspecified atom stereocenters. The number of pyridine rings is 1. The van der Waals surface area contributed by atoms with Gasteiger partial charge in [-0.15, -0.1) is 0 Å². The van der Waals surface area contributed by atoms with Crippen LogP contribution < -0.4 is 0 Å². The summed E-state index contributed by atoms with van der Waals surface area (Å²) in [6, 6.07) is 9.37. The second-order valence-corrected chi connectivity index (χ2v) is 6.44. The fourth-order valence-electron chi connectivity index (χ4n) is 3.91. The highest BCUT2D eigenvalue weighted by Crippen LogP contribution is 2.22. The molecule has 0 bridgehead atoms. The van der Waals surface area contributed by atoms with Crippen LogP contribution in [0.4, 0.5) is 0 Å². The van der Waals surface area contributed by atoms with Crippen molar-refractivity contribution < 1.29 is 0 Å². The van der Waals surface area contributed by atoms with E-state index in [0.29, 0.717) is 0 Å². The van der Waals surface area contributed by atoms with E-state index in [1.807, 2.05) is 6.20 Å². The standard InChI is InChI=1S/C17H24N4/c1-2-11-20(10-1)15-7-12-19(13-8-15)14-17-5-3-4-16-6-9-18-21(16)17/h3-6,9,15H,1-2,7-8,10-14H2. The lowest BCUT2D eigenvalue weighted by Gasteiger charge is -2.36. The lowest BCUT2D eigenvalue weighted by molar-refractivity contribution is 0.121. The lowest BCUT2D eigenvalue weighted by Crippen LogP contribution is -2.43. The summed E-state index contributed by atoms with van der Waals surface area (Å²) in [7, 11) is 0. The van der Waals surface area contributed by atoms with Gasteiger partial charge in [0.25, 0.3) is 0 Å². The fourth-order valence-corrected chi connectivity index (χ4v) is 3.91. The Morgan fingerprint density at radius 3 is 2.62 bits per heavy atom. The first-order valence-corrected chi connectivity index (χ1v) is 8.28. The van der Waals surface area contributed by atoms with Crippen LogP contribution in [0.5, 0.6) is 0 Å². The molecule has 0 radical (unpaired) electrons. The van der Waals surface area contributed by atoms with Gasteiger partial charge in [0.15, 0.2) is 0 Å². The first-order chi connectivity index (χ1) is 10.4. The van der Waals surface area contributed by atoms with E-state index in [1.165, 1.54) is 63.1 Å². The minimum Gasteiger partial charge on any atom is -0.300 e. The maximum absolute atomic E-state index is 4.44. The Morgan fingerprint density at radius 2 is 1.81 bits per heavy atom. The molecule has 21 heavy (non-hydrogen) atoms. The van der Waals surface area contributed by atoms with Crippen molar-refractivity contribution in [2.45, 2.75) is 38.3 Å². The molecular weight excluding hydrogens is 260 g/mol. The van der Waals surface area contributed by atoms with Crippen molar-refractivity contribution in [1.29, 1.82) is 0 Å². The number of piperidine rings is 1. The minimum atomic E-state index is 0.837. The van der Waals surface area contributed by atoms with E-state index in [2.05, 4.69) is 43.7 Å². The molecule has 112 valence electrons. The highest BCUT2D eigenvalue weighted by molar-refractivity contribution is 5.46. The van der Waals surface area contributed by atoms with Gasteiger partial charge in [-0.1, -0.05) is 6.07 Å². The normalized spacial score (nSPS) is 22.3. The number of hydrogen-bond acceptors (Lipinski definition) is 3. The Bertz CT molecular complexity index is 592. The van der Waals surface area contributed by atoms with Gasteiger partial charge in [0.05, 0.1) is 11.2 Å². The second kappa shape index (κ2) is 5.78. The number of hydrogen-bond donors (Lipinski definition) is 0. The molecule has 0 N–H and O–H groups in total. The van der Waals surface area contributed by atoms with Crippen LogP contribution in [0, 0.1) is 0 Å². The first kappa shape index (κ1) is 13.3. The predicted octanol–water partition coefficient (Wildman–Crippen LogP) is 2.39. The van der Waals surface area contributed by atoms with Gasteiger partial charge in [0.1, 0.15) is 0 Å². The molecule has 0 amide bonds. The van der Waals surface area contributed by atoms with Gasteiger partial charge < -0.3 is 4.90 Å². The number of rotatable bonds is 3. The van der Waals surface area contributed by atoms with Crippen LogP contribution in [0.2, 0.25) is 0 Å². The minimum absolute atomic E-state index is 0.837. The number of fused-ring (bicyclic) bond motifs is 1. The summed E-state index contributed by atoms with van der Waals surface area (Å²) < 4.78 is 2.08. The zero-order chi connectivity index (χ0) is 14.1. The van der Waals surface area contributed by atoms with Gasteiger partial charge in [-0.05, 0) is 57.0 Å². The Morgan fingerprint density at radius 1 is 1.00 bits per heavy atom. The average molecular weight is 284 g/mol. The highest BCUT2D eigenvalue weighted by Gasteiger charge is 2.26. The van der Waals surface area contributed by atoms with Gasteiger partial charge >= 0.3 is 0 Å². The van der Waals surface area contributed by atoms with Gasteiger partial charge in [0, 0.05) is 31.9 Å². The van der Waals surface area contributed by atoms with Crippen molar-refractivity contribution in [3.8, 4) is 0 Å². The largest absolute Gasteiger partial charge is 0.300 e. The predicted molar refractivity (Wildman–Crippen MR) is 84.3 cm³/mol. The molecule has 0 atom stereocenters.